The van der Waals surface area contributed by atoms with Crippen LogP contribution in [0.4, 0.5) is 5.82 Å². The van der Waals surface area contributed by atoms with Crippen molar-refractivity contribution in [1.82, 2.24) is 10.1 Å². The molecule has 2 heterocycles. The first-order valence-electron chi connectivity index (χ1n) is 7.53. The van der Waals surface area contributed by atoms with Crippen LogP contribution in [0.25, 0.3) is 0 Å². The minimum absolute atomic E-state index is 0.0163. The number of amides is 2. The molecule has 2 rings (SSSR count). The maximum absolute atomic E-state index is 12.5. The summed E-state index contributed by atoms with van der Waals surface area (Å²) in [6.45, 7) is 6.10. The van der Waals surface area contributed by atoms with Gasteiger partial charge in [-0.15, -0.1) is 0 Å². The average Bonchev–Trinajstić information content (AvgIpc) is 2.90. The summed E-state index contributed by atoms with van der Waals surface area (Å²) in [5.74, 6) is 0.797. The van der Waals surface area contributed by atoms with Gasteiger partial charge in [0.25, 0.3) is 0 Å². The first-order chi connectivity index (χ1) is 10.0. The van der Waals surface area contributed by atoms with Crippen molar-refractivity contribution < 1.29 is 14.1 Å². The van der Waals surface area contributed by atoms with Gasteiger partial charge >= 0.3 is 0 Å². The van der Waals surface area contributed by atoms with Crippen molar-refractivity contribution in [1.29, 1.82) is 0 Å². The molecule has 1 fully saturated rings. The molecule has 0 bridgehead atoms. The predicted molar refractivity (Wildman–Crippen MR) is 78.9 cm³/mol. The predicted octanol–water partition coefficient (Wildman–Crippen LogP) is 2.13. The first kappa shape index (κ1) is 15.5. The molecule has 116 valence electrons. The van der Waals surface area contributed by atoms with Gasteiger partial charge in [-0.05, 0) is 32.6 Å². The Bertz CT molecular complexity index is 512. The summed E-state index contributed by atoms with van der Waals surface area (Å²) in [7, 11) is 0. The Morgan fingerprint density at radius 3 is 2.81 bits per heavy atom. The van der Waals surface area contributed by atoms with Crippen LogP contribution in [-0.4, -0.2) is 41.0 Å². The molecule has 0 saturated carbocycles. The van der Waals surface area contributed by atoms with Crippen LogP contribution in [0.15, 0.2) is 10.6 Å². The number of hydrogen-bond acceptors (Lipinski definition) is 4. The zero-order valence-corrected chi connectivity index (χ0v) is 13.0. The topological polar surface area (TPSA) is 66.7 Å². The van der Waals surface area contributed by atoms with E-state index in [1.54, 1.807) is 13.0 Å². The van der Waals surface area contributed by atoms with Gasteiger partial charge in [0, 0.05) is 25.6 Å². The number of carbonyl (C=O) groups excluding carboxylic acids is 2. The molecule has 1 aliphatic heterocycles. The number of hydrogen-bond donors (Lipinski definition) is 0. The molecule has 1 aromatic heterocycles. The molecular weight excluding hydrogens is 270 g/mol. The highest BCUT2D eigenvalue weighted by molar-refractivity contribution is 5.96. The highest BCUT2D eigenvalue weighted by Crippen LogP contribution is 2.21. The average molecular weight is 293 g/mol. The summed E-state index contributed by atoms with van der Waals surface area (Å²) >= 11 is 0. The lowest BCUT2D eigenvalue weighted by molar-refractivity contribution is -0.134. The van der Waals surface area contributed by atoms with Gasteiger partial charge in [0.15, 0.2) is 5.82 Å². The van der Waals surface area contributed by atoms with Crippen molar-refractivity contribution in [3.8, 4) is 0 Å². The van der Waals surface area contributed by atoms with Crippen LogP contribution in [-0.2, 0) is 9.59 Å². The molecule has 1 aromatic rings. The summed E-state index contributed by atoms with van der Waals surface area (Å²) in [5.41, 5.74) is 0. The maximum atomic E-state index is 12.5. The summed E-state index contributed by atoms with van der Waals surface area (Å²) in [6, 6.07) is 1.96. The van der Waals surface area contributed by atoms with Crippen LogP contribution in [0.3, 0.4) is 0 Å². The van der Waals surface area contributed by atoms with E-state index in [1.165, 1.54) is 18.2 Å². The number of piperidine rings is 1. The monoisotopic (exact) mass is 293 g/mol. The quantitative estimate of drug-likeness (QED) is 0.853. The highest BCUT2D eigenvalue weighted by Gasteiger charge is 2.28. The van der Waals surface area contributed by atoms with E-state index in [2.05, 4.69) is 12.1 Å². The number of likely N-dealkylation sites (tertiary alicyclic amines) is 1. The van der Waals surface area contributed by atoms with E-state index in [0.717, 1.165) is 25.8 Å². The smallest absolute Gasteiger partial charge is 0.242 e. The first-order valence-corrected chi connectivity index (χ1v) is 7.53. The van der Waals surface area contributed by atoms with Crippen LogP contribution in [0.5, 0.6) is 0 Å². The van der Waals surface area contributed by atoms with Gasteiger partial charge in [0.05, 0.1) is 0 Å². The Balaban J connectivity index is 2.09. The van der Waals surface area contributed by atoms with Gasteiger partial charge < -0.3 is 9.42 Å². The van der Waals surface area contributed by atoms with Crippen molar-refractivity contribution >= 4 is 17.6 Å². The second-order valence-corrected chi connectivity index (χ2v) is 5.55. The molecule has 6 nitrogen and oxygen atoms in total. The lowest BCUT2D eigenvalue weighted by Gasteiger charge is -2.36. The van der Waals surface area contributed by atoms with Crippen LogP contribution >= 0.6 is 0 Å². The van der Waals surface area contributed by atoms with E-state index in [4.69, 9.17) is 4.52 Å². The van der Waals surface area contributed by atoms with Gasteiger partial charge in [0.2, 0.25) is 11.8 Å². The van der Waals surface area contributed by atoms with E-state index >= 15 is 0 Å². The molecule has 1 atom stereocenters. The Kier molecular flexibility index (Phi) is 4.98. The van der Waals surface area contributed by atoms with E-state index < -0.39 is 0 Å². The van der Waals surface area contributed by atoms with Crippen molar-refractivity contribution in [2.24, 2.45) is 0 Å². The van der Waals surface area contributed by atoms with Crippen LogP contribution in [0.1, 0.15) is 45.3 Å². The van der Waals surface area contributed by atoms with Gasteiger partial charge in [0.1, 0.15) is 12.3 Å². The van der Waals surface area contributed by atoms with E-state index in [-0.39, 0.29) is 18.4 Å². The normalized spacial score (nSPS) is 18.6. The third kappa shape index (κ3) is 3.62. The minimum atomic E-state index is -0.207. The van der Waals surface area contributed by atoms with Crippen LogP contribution in [0, 0.1) is 6.92 Å². The molecule has 1 unspecified atom stereocenters. The third-order valence-corrected chi connectivity index (χ3v) is 3.98. The van der Waals surface area contributed by atoms with E-state index in [1.807, 2.05) is 4.90 Å². The maximum Gasteiger partial charge on any atom is 0.242 e. The Hall–Kier alpha value is -1.85. The number of nitrogens with zero attached hydrogens (tertiary/aromatic N) is 3. The van der Waals surface area contributed by atoms with Gasteiger partial charge in [-0.2, -0.15) is 0 Å². The number of aryl methyl sites for hydroxylation is 1. The molecule has 0 aliphatic carbocycles. The molecule has 0 spiro atoms. The van der Waals surface area contributed by atoms with Gasteiger partial charge in [-0.3, -0.25) is 14.5 Å². The second-order valence-electron chi connectivity index (χ2n) is 5.55. The Morgan fingerprint density at radius 2 is 2.24 bits per heavy atom. The third-order valence-electron chi connectivity index (χ3n) is 3.98. The summed E-state index contributed by atoms with van der Waals surface area (Å²) in [5, 5.41) is 3.83. The van der Waals surface area contributed by atoms with Crippen LogP contribution < -0.4 is 4.90 Å². The minimum Gasteiger partial charge on any atom is -0.360 e. The lowest BCUT2D eigenvalue weighted by atomic mass is 10.00. The number of anilines is 1. The lowest BCUT2D eigenvalue weighted by Crippen LogP contribution is -2.48. The molecule has 0 N–H and O–H groups in total. The Labute approximate surface area is 125 Å². The summed E-state index contributed by atoms with van der Waals surface area (Å²) in [4.78, 5) is 27.6. The standard InChI is InChI=1S/C15H23N3O3/c1-4-13-7-5-6-8-17(13)15(20)10-18(12(3)19)14-9-11(2)21-16-14/h9,13H,4-8,10H2,1-3H3. The van der Waals surface area contributed by atoms with Crippen molar-refractivity contribution in [2.45, 2.75) is 52.5 Å². The molecule has 0 radical (unpaired) electrons. The number of carbonyl (C=O) groups is 2. The van der Waals surface area contributed by atoms with E-state index in [9.17, 15) is 9.59 Å². The largest absolute Gasteiger partial charge is 0.360 e. The molecule has 2 amide bonds. The Morgan fingerprint density at radius 1 is 1.48 bits per heavy atom. The van der Waals surface area contributed by atoms with Gasteiger partial charge in [-0.1, -0.05) is 12.1 Å². The van der Waals surface area contributed by atoms with Crippen molar-refractivity contribution in [3.63, 3.8) is 0 Å². The summed E-state index contributed by atoms with van der Waals surface area (Å²) in [6.07, 6.45) is 4.20. The molecule has 0 aromatic carbocycles. The molecule has 1 saturated heterocycles. The van der Waals surface area contributed by atoms with Crippen LogP contribution in [0.2, 0.25) is 0 Å². The zero-order chi connectivity index (χ0) is 15.4. The highest BCUT2D eigenvalue weighted by atomic mass is 16.5. The van der Waals surface area contributed by atoms with Crippen molar-refractivity contribution in [3.05, 3.63) is 11.8 Å². The fraction of sp³-hybridized carbons (Fsp3) is 0.667. The zero-order valence-electron chi connectivity index (χ0n) is 13.0. The molecular formula is C15H23N3O3. The SMILES string of the molecule is CCC1CCCCN1C(=O)CN(C(C)=O)c1cc(C)on1. The fourth-order valence-electron chi connectivity index (χ4n) is 2.81. The molecule has 6 heteroatoms. The second kappa shape index (κ2) is 6.74. The molecule has 21 heavy (non-hydrogen) atoms. The molecule has 1 aliphatic rings. The summed E-state index contributed by atoms with van der Waals surface area (Å²) < 4.78 is 5.00. The van der Waals surface area contributed by atoms with E-state index in [0.29, 0.717) is 17.6 Å². The number of rotatable bonds is 4. The number of aromatic nitrogens is 1. The fourth-order valence-corrected chi connectivity index (χ4v) is 2.81. The van der Waals surface area contributed by atoms with Gasteiger partial charge in [-0.25, -0.2) is 0 Å². The van der Waals surface area contributed by atoms with Crippen molar-refractivity contribution in [2.75, 3.05) is 18.0 Å².